The summed E-state index contributed by atoms with van der Waals surface area (Å²) in [4.78, 5) is 13.9. The number of hydrogen-bond donors (Lipinski definition) is 1. The summed E-state index contributed by atoms with van der Waals surface area (Å²) >= 11 is 0. The van der Waals surface area contributed by atoms with Gasteiger partial charge in [0, 0.05) is 19.1 Å². The molecule has 1 N–H and O–H groups in total. The summed E-state index contributed by atoms with van der Waals surface area (Å²) in [6, 6.07) is 7.73. The summed E-state index contributed by atoms with van der Waals surface area (Å²) in [5, 5.41) is 23.2. The number of hydrazone groups is 1. The molecule has 2 rings (SSSR count). The summed E-state index contributed by atoms with van der Waals surface area (Å²) in [6.07, 6.45) is 1.45. The Bertz CT molecular complexity index is 697. The lowest BCUT2D eigenvalue weighted by molar-refractivity contribution is -0.384. The van der Waals surface area contributed by atoms with E-state index in [0.29, 0.717) is 11.5 Å². The van der Waals surface area contributed by atoms with Crippen LogP contribution in [0.4, 0.5) is 11.6 Å². The number of benzene rings is 1. The van der Waals surface area contributed by atoms with E-state index in [2.05, 4.69) is 15.5 Å². The fourth-order valence-electron chi connectivity index (χ4n) is 1.43. The highest BCUT2D eigenvalue weighted by Crippen LogP contribution is 2.15. The average molecular weight is 271 g/mol. The maximum absolute atomic E-state index is 10.5. The molecule has 0 atom stereocenters. The molecule has 0 amide bonds. The zero-order valence-corrected chi connectivity index (χ0v) is 10.4. The van der Waals surface area contributed by atoms with Crippen LogP contribution in [0.5, 0.6) is 0 Å². The van der Waals surface area contributed by atoms with Crippen molar-refractivity contribution in [2.75, 3.05) is 5.43 Å². The predicted molar refractivity (Wildman–Crippen MR) is 70.3 cm³/mol. The first-order valence-corrected chi connectivity index (χ1v) is 5.51. The van der Waals surface area contributed by atoms with Crippen molar-refractivity contribution in [2.24, 2.45) is 5.10 Å². The Morgan fingerprint density at radius 2 is 2.20 bits per heavy atom. The maximum Gasteiger partial charge on any atom is 0.269 e. The van der Waals surface area contributed by atoms with Crippen molar-refractivity contribution in [3.8, 4) is 6.07 Å². The molecule has 100 valence electrons. The molecule has 0 bridgehead atoms. The molecule has 2 aromatic rings. The fraction of sp³-hybridized carbons (Fsp3) is 0.0833. The van der Waals surface area contributed by atoms with Crippen LogP contribution >= 0.6 is 0 Å². The Morgan fingerprint density at radius 3 is 2.80 bits per heavy atom. The van der Waals surface area contributed by atoms with Crippen LogP contribution in [0.3, 0.4) is 0 Å². The molecule has 0 aliphatic carbocycles. The highest BCUT2D eigenvalue weighted by atomic mass is 16.6. The van der Waals surface area contributed by atoms with E-state index in [4.69, 9.17) is 9.68 Å². The largest absolute Gasteiger partial charge is 0.422 e. The molecule has 0 spiro atoms. The number of rotatable bonds is 4. The molecule has 1 aromatic heterocycles. The van der Waals surface area contributed by atoms with Crippen LogP contribution in [0.25, 0.3) is 0 Å². The van der Waals surface area contributed by atoms with Crippen molar-refractivity contribution in [1.82, 2.24) is 4.98 Å². The van der Waals surface area contributed by atoms with Crippen molar-refractivity contribution in [3.63, 3.8) is 0 Å². The second-order valence-corrected chi connectivity index (χ2v) is 3.74. The van der Waals surface area contributed by atoms with Crippen LogP contribution in [0.15, 0.2) is 33.8 Å². The van der Waals surface area contributed by atoms with Crippen LogP contribution in [-0.2, 0) is 0 Å². The minimum atomic E-state index is -0.477. The van der Waals surface area contributed by atoms with Gasteiger partial charge in [0.15, 0.2) is 5.89 Å². The molecule has 0 unspecified atom stereocenters. The van der Waals surface area contributed by atoms with Gasteiger partial charge < -0.3 is 4.42 Å². The topological polar surface area (TPSA) is 117 Å². The molecule has 0 fully saturated rings. The monoisotopic (exact) mass is 271 g/mol. The van der Waals surface area contributed by atoms with Crippen molar-refractivity contribution in [3.05, 3.63) is 51.5 Å². The van der Waals surface area contributed by atoms with E-state index in [0.717, 1.165) is 0 Å². The predicted octanol–water partition coefficient (Wildman–Crippen LogP) is 2.21. The molecule has 1 heterocycles. The average Bonchev–Trinajstić information content (AvgIpc) is 2.79. The molecule has 20 heavy (non-hydrogen) atoms. The number of nitro benzene ring substituents is 1. The van der Waals surface area contributed by atoms with Gasteiger partial charge in [0.1, 0.15) is 6.07 Å². The van der Waals surface area contributed by atoms with Crippen LogP contribution in [0.2, 0.25) is 0 Å². The number of nitrogens with zero attached hydrogens (tertiary/aromatic N) is 4. The third-order valence-corrected chi connectivity index (χ3v) is 2.32. The number of nitro groups is 1. The van der Waals surface area contributed by atoms with Gasteiger partial charge >= 0.3 is 0 Å². The number of non-ortho nitro benzene ring substituents is 1. The van der Waals surface area contributed by atoms with E-state index >= 15 is 0 Å². The van der Waals surface area contributed by atoms with Crippen LogP contribution in [0.1, 0.15) is 17.1 Å². The highest BCUT2D eigenvalue weighted by molar-refractivity contribution is 5.80. The number of aromatic nitrogens is 1. The summed E-state index contributed by atoms with van der Waals surface area (Å²) in [5.74, 6) is 0.512. The lowest BCUT2D eigenvalue weighted by Crippen LogP contribution is -1.92. The standard InChI is InChI=1S/C12H9N5O3/c1-8-15-11(6-13)12(20-8)16-14-7-9-2-4-10(5-3-9)17(18)19/h2-5,7,16H,1H3. The number of anilines is 1. The molecule has 8 nitrogen and oxygen atoms in total. The third kappa shape index (κ3) is 2.97. The molecular weight excluding hydrogens is 262 g/mol. The van der Waals surface area contributed by atoms with Gasteiger partial charge in [0.25, 0.3) is 11.6 Å². The quantitative estimate of drug-likeness (QED) is 0.517. The summed E-state index contributed by atoms with van der Waals surface area (Å²) in [7, 11) is 0. The number of nitriles is 1. The highest BCUT2D eigenvalue weighted by Gasteiger charge is 2.08. The maximum atomic E-state index is 10.5. The molecule has 8 heteroatoms. The van der Waals surface area contributed by atoms with Crippen molar-refractivity contribution in [1.29, 1.82) is 5.26 Å². The molecule has 0 aliphatic rings. The van der Waals surface area contributed by atoms with Crippen molar-refractivity contribution >= 4 is 17.8 Å². The van der Waals surface area contributed by atoms with Gasteiger partial charge in [-0.25, -0.2) is 10.4 Å². The first-order valence-electron chi connectivity index (χ1n) is 5.51. The zero-order chi connectivity index (χ0) is 14.5. The van der Waals surface area contributed by atoms with E-state index in [1.165, 1.54) is 18.3 Å². The Kier molecular flexibility index (Phi) is 3.72. The molecule has 0 radical (unpaired) electrons. The smallest absolute Gasteiger partial charge is 0.269 e. The fourth-order valence-corrected chi connectivity index (χ4v) is 1.43. The van der Waals surface area contributed by atoms with E-state index in [1.807, 2.05) is 6.07 Å². The van der Waals surface area contributed by atoms with Gasteiger partial charge in [-0.3, -0.25) is 10.1 Å². The number of oxazole rings is 1. The second kappa shape index (κ2) is 5.62. The minimum absolute atomic E-state index is 0.00716. The van der Waals surface area contributed by atoms with Gasteiger partial charge in [-0.2, -0.15) is 10.4 Å². The normalized spacial score (nSPS) is 10.4. The lowest BCUT2D eigenvalue weighted by Gasteiger charge is -1.95. The van der Waals surface area contributed by atoms with Gasteiger partial charge in [-0.05, 0) is 17.7 Å². The Hall–Kier alpha value is -3.21. The van der Waals surface area contributed by atoms with Crippen molar-refractivity contribution in [2.45, 2.75) is 6.92 Å². The van der Waals surface area contributed by atoms with E-state index in [1.54, 1.807) is 19.1 Å². The van der Waals surface area contributed by atoms with E-state index in [9.17, 15) is 10.1 Å². The number of aryl methyl sites for hydroxylation is 1. The summed E-state index contributed by atoms with van der Waals surface area (Å²) in [6.45, 7) is 1.62. The van der Waals surface area contributed by atoms with Gasteiger partial charge in [0.05, 0.1) is 11.1 Å². The Labute approximate surface area is 113 Å². The number of nitrogens with one attached hydrogen (secondary N) is 1. The molecule has 0 saturated carbocycles. The summed E-state index contributed by atoms with van der Waals surface area (Å²) in [5.41, 5.74) is 3.34. The molecule has 1 aromatic carbocycles. The van der Waals surface area contributed by atoms with Crippen LogP contribution in [-0.4, -0.2) is 16.1 Å². The SMILES string of the molecule is Cc1nc(C#N)c(NN=Cc2ccc([N+](=O)[O-])cc2)o1. The third-order valence-electron chi connectivity index (χ3n) is 2.32. The summed E-state index contributed by atoms with van der Waals surface area (Å²) < 4.78 is 5.15. The van der Waals surface area contributed by atoms with Gasteiger partial charge in [0.2, 0.25) is 5.69 Å². The van der Waals surface area contributed by atoms with Gasteiger partial charge in [-0.15, -0.1) is 0 Å². The first kappa shape index (κ1) is 13.2. The van der Waals surface area contributed by atoms with Crippen LogP contribution in [0, 0.1) is 28.4 Å². The van der Waals surface area contributed by atoms with E-state index < -0.39 is 4.92 Å². The Balaban J connectivity index is 2.06. The minimum Gasteiger partial charge on any atom is -0.422 e. The Morgan fingerprint density at radius 1 is 1.50 bits per heavy atom. The van der Waals surface area contributed by atoms with Crippen LogP contribution < -0.4 is 5.43 Å². The molecule has 0 aliphatic heterocycles. The second-order valence-electron chi connectivity index (χ2n) is 3.74. The first-order chi connectivity index (χ1) is 9.60. The number of hydrogen-bond acceptors (Lipinski definition) is 7. The molecule has 0 saturated heterocycles. The van der Waals surface area contributed by atoms with E-state index in [-0.39, 0.29) is 17.3 Å². The zero-order valence-electron chi connectivity index (χ0n) is 10.4. The van der Waals surface area contributed by atoms with Crippen molar-refractivity contribution < 1.29 is 9.34 Å². The lowest BCUT2D eigenvalue weighted by atomic mass is 10.2. The van der Waals surface area contributed by atoms with Gasteiger partial charge in [-0.1, -0.05) is 0 Å². The molecular formula is C12H9N5O3.